The highest BCUT2D eigenvalue weighted by molar-refractivity contribution is 5.80. The number of carbonyl (C=O) groups is 1. The summed E-state index contributed by atoms with van der Waals surface area (Å²) in [5.74, 6) is 2.15. The summed E-state index contributed by atoms with van der Waals surface area (Å²) in [7, 11) is 0. The van der Waals surface area contributed by atoms with E-state index in [1.165, 1.54) is 5.56 Å². The molecule has 0 radical (unpaired) electrons. The molecule has 1 aliphatic rings. The predicted octanol–water partition coefficient (Wildman–Crippen LogP) is 4.19. The van der Waals surface area contributed by atoms with Crippen LogP contribution in [0.15, 0.2) is 24.3 Å². The molecule has 0 N–H and O–H groups in total. The summed E-state index contributed by atoms with van der Waals surface area (Å²) in [6.07, 6.45) is 3.15. The predicted molar refractivity (Wildman–Crippen MR) is 107 cm³/mol. The van der Waals surface area contributed by atoms with Crippen LogP contribution in [0.2, 0.25) is 0 Å². The van der Waals surface area contributed by atoms with Crippen LogP contribution in [-0.2, 0) is 11.3 Å². The van der Waals surface area contributed by atoms with Crippen molar-refractivity contribution in [2.24, 2.45) is 11.8 Å². The van der Waals surface area contributed by atoms with E-state index in [-0.39, 0.29) is 5.92 Å². The second-order valence-corrected chi connectivity index (χ2v) is 7.89. The van der Waals surface area contributed by atoms with Gasteiger partial charge in [-0.3, -0.25) is 9.69 Å². The van der Waals surface area contributed by atoms with Crippen LogP contribution in [0.25, 0.3) is 0 Å². The minimum atomic E-state index is 0.187. The molecular weight excluding hydrogens is 324 g/mol. The van der Waals surface area contributed by atoms with E-state index >= 15 is 0 Å². The van der Waals surface area contributed by atoms with Crippen molar-refractivity contribution >= 4 is 5.91 Å². The number of rotatable bonds is 11. The Balaban J connectivity index is 1.73. The van der Waals surface area contributed by atoms with Crippen LogP contribution in [0, 0.1) is 11.8 Å². The maximum Gasteiger partial charge on any atom is 0.228 e. The van der Waals surface area contributed by atoms with Crippen LogP contribution < -0.4 is 4.74 Å². The third-order valence-corrected chi connectivity index (χ3v) is 4.90. The van der Waals surface area contributed by atoms with Gasteiger partial charge in [-0.15, -0.1) is 0 Å². The van der Waals surface area contributed by atoms with Gasteiger partial charge < -0.3 is 9.64 Å². The van der Waals surface area contributed by atoms with Gasteiger partial charge in [-0.25, -0.2) is 0 Å². The Kier molecular flexibility index (Phi) is 8.43. The highest BCUT2D eigenvalue weighted by Gasteiger charge is 2.34. The molecule has 0 bridgehead atoms. The molecule has 1 fully saturated rings. The van der Waals surface area contributed by atoms with Crippen molar-refractivity contribution in [3.05, 3.63) is 29.8 Å². The summed E-state index contributed by atoms with van der Waals surface area (Å²) in [6, 6.07) is 8.39. The highest BCUT2D eigenvalue weighted by Crippen LogP contribution is 2.22. The lowest BCUT2D eigenvalue weighted by molar-refractivity contribution is -0.141. The Morgan fingerprint density at radius 3 is 2.31 bits per heavy atom. The van der Waals surface area contributed by atoms with Gasteiger partial charge in [-0.05, 0) is 42.9 Å². The lowest BCUT2D eigenvalue weighted by Crippen LogP contribution is -2.54. The van der Waals surface area contributed by atoms with Crippen LogP contribution in [0.3, 0.4) is 0 Å². The van der Waals surface area contributed by atoms with Crippen LogP contribution in [0.5, 0.6) is 5.75 Å². The summed E-state index contributed by atoms with van der Waals surface area (Å²) in [4.78, 5) is 17.0. The van der Waals surface area contributed by atoms with Gasteiger partial charge in [0.25, 0.3) is 0 Å². The van der Waals surface area contributed by atoms with Crippen LogP contribution >= 0.6 is 0 Å². The van der Waals surface area contributed by atoms with Crippen molar-refractivity contribution in [2.75, 3.05) is 32.8 Å². The normalized spacial score (nSPS) is 15.1. The quantitative estimate of drug-likeness (QED) is 0.593. The van der Waals surface area contributed by atoms with Gasteiger partial charge in [0.1, 0.15) is 5.75 Å². The fraction of sp³-hybridized carbons (Fsp3) is 0.682. The molecule has 0 unspecified atom stereocenters. The Bertz CT molecular complexity index is 530. The third-order valence-electron chi connectivity index (χ3n) is 4.90. The fourth-order valence-electron chi connectivity index (χ4n) is 3.35. The summed E-state index contributed by atoms with van der Waals surface area (Å²) in [5.41, 5.74) is 1.28. The zero-order valence-corrected chi connectivity index (χ0v) is 17.0. The van der Waals surface area contributed by atoms with Crippen LogP contribution in [0.4, 0.5) is 0 Å². The average molecular weight is 361 g/mol. The van der Waals surface area contributed by atoms with Crippen LogP contribution in [0.1, 0.15) is 52.5 Å². The van der Waals surface area contributed by atoms with Gasteiger partial charge in [0, 0.05) is 32.7 Å². The number of benzene rings is 1. The van der Waals surface area contributed by atoms with E-state index in [4.69, 9.17) is 4.74 Å². The Morgan fingerprint density at radius 2 is 1.77 bits per heavy atom. The minimum absolute atomic E-state index is 0.187. The summed E-state index contributed by atoms with van der Waals surface area (Å²) >= 11 is 0. The molecule has 0 saturated carbocycles. The first-order chi connectivity index (χ1) is 12.5. The number of likely N-dealkylation sites (tertiary alicyclic amines) is 1. The molecule has 1 aliphatic heterocycles. The molecule has 1 aromatic rings. The average Bonchev–Trinajstić information content (AvgIpc) is 2.58. The summed E-state index contributed by atoms with van der Waals surface area (Å²) < 4.78 is 5.77. The monoisotopic (exact) mass is 360 g/mol. The molecule has 0 spiro atoms. The zero-order valence-electron chi connectivity index (χ0n) is 17.0. The van der Waals surface area contributed by atoms with E-state index in [1.54, 1.807) is 0 Å². The molecule has 0 aliphatic carbocycles. The molecule has 4 nitrogen and oxygen atoms in total. The first kappa shape index (κ1) is 20.8. The molecule has 0 atom stereocenters. The van der Waals surface area contributed by atoms with Gasteiger partial charge in [0.15, 0.2) is 0 Å². The molecule has 0 aromatic heterocycles. The maximum atomic E-state index is 12.6. The molecule has 1 saturated heterocycles. The van der Waals surface area contributed by atoms with E-state index in [1.807, 2.05) is 4.90 Å². The summed E-state index contributed by atoms with van der Waals surface area (Å²) in [6.45, 7) is 13.9. The van der Waals surface area contributed by atoms with E-state index < -0.39 is 0 Å². The molecule has 2 rings (SSSR count). The second kappa shape index (κ2) is 10.6. The van der Waals surface area contributed by atoms with E-state index in [0.717, 1.165) is 64.3 Å². The fourth-order valence-corrected chi connectivity index (χ4v) is 3.35. The lowest BCUT2D eigenvalue weighted by Gasteiger charge is -2.40. The number of nitrogens with zero attached hydrogens (tertiary/aromatic N) is 2. The second-order valence-electron chi connectivity index (χ2n) is 7.89. The number of carbonyl (C=O) groups excluding carboxylic acids is 1. The zero-order chi connectivity index (χ0) is 18.9. The molecule has 1 heterocycles. The largest absolute Gasteiger partial charge is 0.494 e. The molecular formula is C22H36N2O2. The first-order valence-electron chi connectivity index (χ1n) is 10.3. The molecule has 146 valence electrons. The maximum absolute atomic E-state index is 12.6. The van der Waals surface area contributed by atoms with Crippen molar-refractivity contribution in [3.63, 3.8) is 0 Å². The first-order valence-corrected chi connectivity index (χ1v) is 10.3. The number of hydrogen-bond acceptors (Lipinski definition) is 3. The number of amides is 1. The van der Waals surface area contributed by atoms with Gasteiger partial charge in [-0.1, -0.05) is 39.8 Å². The van der Waals surface area contributed by atoms with Gasteiger partial charge >= 0.3 is 0 Å². The molecule has 1 amide bonds. The minimum Gasteiger partial charge on any atom is -0.494 e. The lowest BCUT2D eigenvalue weighted by atomic mass is 9.97. The molecule has 1 aromatic carbocycles. The van der Waals surface area contributed by atoms with Crippen molar-refractivity contribution < 1.29 is 9.53 Å². The number of ether oxygens (including phenoxy) is 1. The summed E-state index contributed by atoms with van der Waals surface area (Å²) in [5, 5.41) is 0. The van der Waals surface area contributed by atoms with Crippen molar-refractivity contribution in [1.82, 2.24) is 9.80 Å². The van der Waals surface area contributed by atoms with Crippen LogP contribution in [-0.4, -0.2) is 48.5 Å². The third kappa shape index (κ3) is 6.31. The molecule has 4 heteroatoms. The SMILES string of the molecule is CCCN(CCC)C(=O)C1CN(Cc2ccc(OCCC(C)C)cc2)C1. The smallest absolute Gasteiger partial charge is 0.228 e. The standard InChI is InChI=1S/C22H36N2O2/c1-5-12-24(13-6-2)22(25)20-16-23(17-20)15-19-7-9-21(10-8-19)26-14-11-18(3)4/h7-10,18,20H,5-6,11-17H2,1-4H3. The van der Waals surface area contributed by atoms with Gasteiger partial charge in [-0.2, -0.15) is 0 Å². The van der Waals surface area contributed by atoms with Crippen molar-refractivity contribution in [1.29, 1.82) is 0 Å². The van der Waals surface area contributed by atoms with E-state index in [2.05, 4.69) is 56.9 Å². The topological polar surface area (TPSA) is 32.8 Å². The van der Waals surface area contributed by atoms with Crippen molar-refractivity contribution in [2.45, 2.75) is 53.5 Å². The van der Waals surface area contributed by atoms with E-state index in [0.29, 0.717) is 11.8 Å². The van der Waals surface area contributed by atoms with Gasteiger partial charge in [0.2, 0.25) is 5.91 Å². The Hall–Kier alpha value is -1.55. The van der Waals surface area contributed by atoms with Gasteiger partial charge in [0.05, 0.1) is 12.5 Å². The Labute approximate surface area is 159 Å². The Morgan fingerprint density at radius 1 is 1.15 bits per heavy atom. The number of hydrogen-bond donors (Lipinski definition) is 0. The molecule has 26 heavy (non-hydrogen) atoms. The van der Waals surface area contributed by atoms with Crippen molar-refractivity contribution in [3.8, 4) is 5.75 Å². The van der Waals surface area contributed by atoms with E-state index in [9.17, 15) is 4.79 Å². The highest BCUT2D eigenvalue weighted by atomic mass is 16.5.